The number of aromatic nitrogens is 1. The standard InChI is InChI=1S/C17H28N4O2S/c18-17-19-14(12-24-17)3-4-16(23)21-7-1-2-15(10-21)20-8-5-13(11-22)6-9-20/h12-13,15,22H,1-11H2,(H2,18,19). The molecule has 6 nitrogen and oxygen atoms in total. The van der Waals surface area contributed by atoms with Crippen molar-refractivity contribution >= 4 is 22.4 Å². The number of amides is 1. The molecule has 134 valence electrons. The number of carbonyl (C=O) groups excluding carboxylic acids is 1. The Hall–Kier alpha value is -1.18. The number of aliphatic hydroxyl groups is 1. The van der Waals surface area contributed by atoms with Gasteiger partial charge in [0.2, 0.25) is 5.91 Å². The van der Waals surface area contributed by atoms with Crippen molar-refractivity contribution in [3.8, 4) is 0 Å². The van der Waals surface area contributed by atoms with Crippen molar-refractivity contribution in [3.05, 3.63) is 11.1 Å². The number of nitrogens with zero attached hydrogens (tertiary/aromatic N) is 3. The van der Waals surface area contributed by atoms with Gasteiger partial charge in [0.05, 0.1) is 5.69 Å². The Morgan fingerprint density at radius 2 is 2.12 bits per heavy atom. The van der Waals surface area contributed by atoms with E-state index < -0.39 is 0 Å². The molecule has 2 fully saturated rings. The summed E-state index contributed by atoms with van der Waals surface area (Å²) in [5.41, 5.74) is 6.56. The maximum atomic E-state index is 12.5. The van der Waals surface area contributed by atoms with Crippen LogP contribution in [-0.2, 0) is 11.2 Å². The molecule has 0 saturated carbocycles. The molecule has 0 aromatic carbocycles. The lowest BCUT2D eigenvalue weighted by atomic mass is 9.94. The van der Waals surface area contributed by atoms with Gasteiger partial charge < -0.3 is 15.7 Å². The molecule has 3 heterocycles. The van der Waals surface area contributed by atoms with Gasteiger partial charge in [0.1, 0.15) is 0 Å². The van der Waals surface area contributed by atoms with Crippen LogP contribution in [0.1, 0.15) is 37.8 Å². The molecule has 2 saturated heterocycles. The van der Waals surface area contributed by atoms with Crippen LogP contribution in [0.2, 0.25) is 0 Å². The molecular weight excluding hydrogens is 324 g/mol. The summed E-state index contributed by atoms with van der Waals surface area (Å²) in [7, 11) is 0. The summed E-state index contributed by atoms with van der Waals surface area (Å²) < 4.78 is 0. The highest BCUT2D eigenvalue weighted by molar-refractivity contribution is 7.13. The highest BCUT2D eigenvalue weighted by Gasteiger charge is 2.30. The lowest BCUT2D eigenvalue weighted by Crippen LogP contribution is -2.52. The molecule has 1 amide bonds. The van der Waals surface area contributed by atoms with Gasteiger partial charge in [-0.1, -0.05) is 0 Å². The van der Waals surface area contributed by atoms with Gasteiger partial charge in [-0.25, -0.2) is 4.98 Å². The molecule has 0 radical (unpaired) electrons. The van der Waals surface area contributed by atoms with Crippen LogP contribution >= 0.6 is 11.3 Å². The van der Waals surface area contributed by atoms with Crippen molar-refractivity contribution in [2.75, 3.05) is 38.5 Å². The fraction of sp³-hybridized carbons (Fsp3) is 0.765. The van der Waals surface area contributed by atoms with Gasteiger partial charge >= 0.3 is 0 Å². The number of likely N-dealkylation sites (tertiary alicyclic amines) is 2. The van der Waals surface area contributed by atoms with Gasteiger partial charge in [0.25, 0.3) is 0 Å². The molecule has 0 bridgehead atoms. The molecule has 2 aliphatic heterocycles. The SMILES string of the molecule is Nc1nc(CCC(=O)N2CCCC(N3CCC(CO)CC3)C2)cs1. The first kappa shape index (κ1) is 17.6. The summed E-state index contributed by atoms with van der Waals surface area (Å²) in [6, 6.07) is 0.484. The molecule has 24 heavy (non-hydrogen) atoms. The van der Waals surface area contributed by atoms with E-state index in [1.54, 1.807) is 0 Å². The molecule has 1 unspecified atom stereocenters. The summed E-state index contributed by atoms with van der Waals surface area (Å²) in [6.45, 7) is 4.14. The lowest BCUT2D eigenvalue weighted by Gasteiger charge is -2.42. The lowest BCUT2D eigenvalue weighted by molar-refractivity contribution is -0.133. The Labute approximate surface area is 147 Å². The smallest absolute Gasteiger partial charge is 0.223 e. The first-order chi connectivity index (χ1) is 11.7. The highest BCUT2D eigenvalue weighted by Crippen LogP contribution is 2.23. The summed E-state index contributed by atoms with van der Waals surface area (Å²) in [4.78, 5) is 21.3. The average Bonchev–Trinajstić information content (AvgIpc) is 3.05. The van der Waals surface area contributed by atoms with Crippen LogP contribution in [0, 0.1) is 5.92 Å². The molecule has 7 heteroatoms. The summed E-state index contributed by atoms with van der Waals surface area (Å²) in [5, 5.41) is 11.8. The van der Waals surface area contributed by atoms with Gasteiger partial charge in [-0.3, -0.25) is 9.69 Å². The number of hydrogen-bond donors (Lipinski definition) is 2. The monoisotopic (exact) mass is 352 g/mol. The largest absolute Gasteiger partial charge is 0.396 e. The molecule has 1 aromatic heterocycles. The molecule has 0 aliphatic carbocycles. The quantitative estimate of drug-likeness (QED) is 0.836. The third-order valence-corrected chi connectivity index (χ3v) is 6.06. The second-order valence-corrected chi connectivity index (χ2v) is 7.86. The van der Waals surface area contributed by atoms with Crippen LogP contribution in [0.4, 0.5) is 5.13 Å². The van der Waals surface area contributed by atoms with E-state index in [4.69, 9.17) is 5.73 Å². The van der Waals surface area contributed by atoms with Crippen molar-refractivity contribution < 1.29 is 9.90 Å². The molecule has 1 atom stereocenters. The number of piperidine rings is 2. The normalized spacial score (nSPS) is 23.5. The number of aryl methyl sites for hydroxylation is 1. The molecule has 3 rings (SSSR count). The van der Waals surface area contributed by atoms with Crippen LogP contribution in [-0.4, -0.2) is 64.6 Å². The van der Waals surface area contributed by atoms with Crippen LogP contribution < -0.4 is 5.73 Å². The van der Waals surface area contributed by atoms with Crippen LogP contribution in [0.3, 0.4) is 0 Å². The zero-order chi connectivity index (χ0) is 16.9. The first-order valence-corrected chi connectivity index (χ1v) is 9.86. The summed E-state index contributed by atoms with van der Waals surface area (Å²) in [5.74, 6) is 0.699. The predicted octanol–water partition coefficient (Wildman–Crippen LogP) is 1.35. The Morgan fingerprint density at radius 3 is 2.79 bits per heavy atom. The molecule has 1 aromatic rings. The number of rotatable bonds is 5. The molecule has 0 spiro atoms. The van der Waals surface area contributed by atoms with Gasteiger partial charge in [0.15, 0.2) is 5.13 Å². The van der Waals surface area contributed by atoms with Gasteiger partial charge in [-0.2, -0.15) is 0 Å². The summed E-state index contributed by atoms with van der Waals surface area (Å²) >= 11 is 1.43. The number of anilines is 1. The van der Waals surface area contributed by atoms with Crippen LogP contribution in [0.5, 0.6) is 0 Å². The number of aliphatic hydroxyl groups excluding tert-OH is 1. The zero-order valence-corrected chi connectivity index (χ0v) is 15.0. The van der Waals surface area contributed by atoms with Gasteiger partial charge in [-0.15, -0.1) is 11.3 Å². The Balaban J connectivity index is 1.47. The minimum absolute atomic E-state index is 0.233. The Kier molecular flexibility index (Phi) is 6.08. The third kappa shape index (κ3) is 4.46. The van der Waals surface area contributed by atoms with Gasteiger partial charge in [0, 0.05) is 37.5 Å². The van der Waals surface area contributed by atoms with E-state index in [0.29, 0.717) is 36.5 Å². The number of nitrogens with two attached hydrogens (primary N) is 1. The fourth-order valence-electron chi connectivity index (χ4n) is 3.81. The average molecular weight is 353 g/mol. The Morgan fingerprint density at radius 1 is 1.33 bits per heavy atom. The number of nitrogen functional groups attached to an aromatic ring is 1. The first-order valence-electron chi connectivity index (χ1n) is 8.98. The van der Waals surface area contributed by atoms with E-state index in [0.717, 1.165) is 51.1 Å². The van der Waals surface area contributed by atoms with Crippen molar-refractivity contribution in [2.45, 2.75) is 44.6 Å². The van der Waals surface area contributed by atoms with Crippen molar-refractivity contribution in [1.82, 2.24) is 14.8 Å². The molecular formula is C17H28N4O2S. The third-order valence-electron chi connectivity index (χ3n) is 5.34. The van der Waals surface area contributed by atoms with E-state index in [2.05, 4.69) is 9.88 Å². The number of carbonyl (C=O) groups is 1. The maximum Gasteiger partial charge on any atom is 0.223 e. The zero-order valence-electron chi connectivity index (χ0n) is 14.2. The highest BCUT2D eigenvalue weighted by atomic mass is 32.1. The predicted molar refractivity (Wildman–Crippen MR) is 95.8 cm³/mol. The van der Waals surface area contributed by atoms with Gasteiger partial charge in [-0.05, 0) is 51.1 Å². The second kappa shape index (κ2) is 8.27. The minimum atomic E-state index is 0.233. The van der Waals surface area contributed by atoms with E-state index in [1.807, 2.05) is 10.3 Å². The summed E-state index contributed by atoms with van der Waals surface area (Å²) in [6.07, 6.45) is 5.60. The van der Waals surface area contributed by atoms with E-state index in [-0.39, 0.29) is 5.91 Å². The van der Waals surface area contributed by atoms with Crippen LogP contribution in [0.25, 0.3) is 0 Å². The van der Waals surface area contributed by atoms with Crippen molar-refractivity contribution in [2.24, 2.45) is 5.92 Å². The number of thiazole rings is 1. The van der Waals surface area contributed by atoms with E-state index in [9.17, 15) is 9.90 Å². The maximum absolute atomic E-state index is 12.5. The van der Waals surface area contributed by atoms with E-state index in [1.165, 1.54) is 17.8 Å². The fourth-order valence-corrected chi connectivity index (χ4v) is 4.41. The van der Waals surface area contributed by atoms with E-state index >= 15 is 0 Å². The Bertz CT molecular complexity index is 542. The minimum Gasteiger partial charge on any atom is -0.396 e. The molecule has 3 N–H and O–H groups in total. The number of hydrogen-bond acceptors (Lipinski definition) is 6. The topological polar surface area (TPSA) is 82.7 Å². The molecule has 2 aliphatic rings. The second-order valence-electron chi connectivity index (χ2n) is 6.97. The van der Waals surface area contributed by atoms with Crippen molar-refractivity contribution in [3.63, 3.8) is 0 Å². The van der Waals surface area contributed by atoms with Crippen LogP contribution in [0.15, 0.2) is 5.38 Å². The van der Waals surface area contributed by atoms with Crippen molar-refractivity contribution in [1.29, 1.82) is 0 Å².